The van der Waals surface area contributed by atoms with Gasteiger partial charge in [0.05, 0.1) is 0 Å². The summed E-state index contributed by atoms with van der Waals surface area (Å²) < 4.78 is 16.0. The van der Waals surface area contributed by atoms with Crippen LogP contribution >= 0.6 is 0 Å². The van der Waals surface area contributed by atoms with Crippen LogP contribution < -0.4 is 5.32 Å². The summed E-state index contributed by atoms with van der Waals surface area (Å²) in [6, 6.07) is 1.14. The SMILES string of the molecule is CCNCC(C)(C)CC[SiH2]OC(C)(OC)OC. The third kappa shape index (κ3) is 7.89. The number of hydrogen-bond donors (Lipinski definition) is 1. The van der Waals surface area contributed by atoms with Gasteiger partial charge in [-0.25, -0.2) is 0 Å². The molecule has 0 fully saturated rings. The maximum absolute atomic E-state index is 5.70. The summed E-state index contributed by atoms with van der Waals surface area (Å²) in [5, 5.41) is 3.39. The first-order valence-electron chi connectivity index (χ1n) is 6.34. The molecule has 0 amide bonds. The molecule has 0 aliphatic rings. The van der Waals surface area contributed by atoms with Gasteiger partial charge < -0.3 is 19.2 Å². The van der Waals surface area contributed by atoms with E-state index < -0.39 is 15.7 Å². The van der Waals surface area contributed by atoms with E-state index in [9.17, 15) is 0 Å². The highest BCUT2D eigenvalue weighted by Gasteiger charge is 2.23. The molecule has 0 rings (SSSR count). The van der Waals surface area contributed by atoms with Crippen molar-refractivity contribution < 1.29 is 13.9 Å². The predicted octanol–water partition coefficient (Wildman–Crippen LogP) is 1.50. The van der Waals surface area contributed by atoms with Crippen LogP contribution in [-0.4, -0.2) is 43.0 Å². The van der Waals surface area contributed by atoms with E-state index >= 15 is 0 Å². The first-order valence-corrected chi connectivity index (χ1v) is 7.92. The molecule has 0 unspecified atom stereocenters. The van der Waals surface area contributed by atoms with E-state index in [1.165, 1.54) is 6.42 Å². The van der Waals surface area contributed by atoms with Crippen molar-refractivity contribution in [3.8, 4) is 0 Å². The summed E-state index contributed by atoms with van der Waals surface area (Å²) >= 11 is 0. The molecule has 0 aromatic carbocycles. The zero-order valence-electron chi connectivity index (χ0n) is 12.3. The lowest BCUT2D eigenvalue weighted by molar-refractivity contribution is -0.310. The molecule has 0 atom stereocenters. The van der Waals surface area contributed by atoms with Crippen molar-refractivity contribution in [1.29, 1.82) is 0 Å². The first kappa shape index (κ1) is 17.1. The van der Waals surface area contributed by atoms with E-state index in [2.05, 4.69) is 26.1 Å². The van der Waals surface area contributed by atoms with Gasteiger partial charge in [-0.15, -0.1) is 0 Å². The Kier molecular flexibility index (Phi) is 8.24. The minimum Gasteiger partial charge on any atom is -0.376 e. The quantitative estimate of drug-likeness (QED) is 0.368. The minimum atomic E-state index is -0.849. The smallest absolute Gasteiger partial charge is 0.269 e. The highest BCUT2D eigenvalue weighted by molar-refractivity contribution is 6.27. The van der Waals surface area contributed by atoms with Gasteiger partial charge in [-0.2, -0.15) is 0 Å². The van der Waals surface area contributed by atoms with E-state index in [4.69, 9.17) is 13.9 Å². The summed E-state index contributed by atoms with van der Waals surface area (Å²) in [7, 11) is 2.61. The topological polar surface area (TPSA) is 39.7 Å². The number of methoxy groups -OCH3 is 2. The molecule has 1 N–H and O–H groups in total. The molecule has 0 bridgehead atoms. The molecule has 0 saturated heterocycles. The summed E-state index contributed by atoms with van der Waals surface area (Å²) in [6.07, 6.45) is 1.18. The Balaban J connectivity index is 3.76. The van der Waals surface area contributed by atoms with Crippen LogP contribution in [0.1, 0.15) is 34.1 Å². The van der Waals surface area contributed by atoms with Gasteiger partial charge in [0.25, 0.3) is 5.97 Å². The summed E-state index contributed by atoms with van der Waals surface area (Å²) in [6.45, 7) is 10.6. The van der Waals surface area contributed by atoms with Crippen LogP contribution in [0.5, 0.6) is 0 Å². The summed E-state index contributed by atoms with van der Waals surface area (Å²) in [4.78, 5) is 0. The highest BCUT2D eigenvalue weighted by Crippen LogP contribution is 2.22. The fourth-order valence-electron chi connectivity index (χ4n) is 1.56. The van der Waals surface area contributed by atoms with Crippen molar-refractivity contribution >= 4 is 9.76 Å². The second-order valence-corrected chi connectivity index (χ2v) is 6.57. The molecule has 104 valence electrons. The summed E-state index contributed by atoms with van der Waals surface area (Å²) in [5.74, 6) is -0.849. The number of hydrogen-bond acceptors (Lipinski definition) is 4. The Labute approximate surface area is 108 Å². The van der Waals surface area contributed by atoms with E-state index in [-0.39, 0.29) is 0 Å². The molecule has 4 nitrogen and oxygen atoms in total. The fraction of sp³-hybridized carbons (Fsp3) is 1.00. The average Bonchev–Trinajstić information content (AvgIpc) is 2.32. The van der Waals surface area contributed by atoms with E-state index in [0.717, 1.165) is 19.1 Å². The van der Waals surface area contributed by atoms with Crippen molar-refractivity contribution in [2.75, 3.05) is 27.3 Å². The Morgan fingerprint density at radius 2 is 1.71 bits per heavy atom. The van der Waals surface area contributed by atoms with Gasteiger partial charge in [0.2, 0.25) is 0 Å². The standard InChI is InChI=1S/C12H29NO3Si/c1-7-13-10-11(2,3)8-9-17-16-12(4,14-5)15-6/h13H,7-10,17H2,1-6H3. The Morgan fingerprint density at radius 3 is 2.18 bits per heavy atom. The van der Waals surface area contributed by atoms with Gasteiger partial charge in [-0.3, -0.25) is 0 Å². The lowest BCUT2D eigenvalue weighted by Crippen LogP contribution is -2.35. The minimum absolute atomic E-state index is 0.336. The van der Waals surface area contributed by atoms with Gasteiger partial charge in [0.15, 0.2) is 9.76 Å². The van der Waals surface area contributed by atoms with Crippen LogP contribution in [0.25, 0.3) is 0 Å². The van der Waals surface area contributed by atoms with Crippen molar-refractivity contribution in [3.05, 3.63) is 0 Å². The molecule has 0 radical (unpaired) electrons. The molecular weight excluding hydrogens is 234 g/mol. The molecule has 0 aliphatic carbocycles. The monoisotopic (exact) mass is 263 g/mol. The van der Waals surface area contributed by atoms with Crippen LogP contribution in [0.4, 0.5) is 0 Å². The van der Waals surface area contributed by atoms with E-state index in [1.807, 2.05) is 6.92 Å². The van der Waals surface area contributed by atoms with Crippen molar-refractivity contribution in [2.45, 2.75) is 46.1 Å². The van der Waals surface area contributed by atoms with Gasteiger partial charge in [-0.1, -0.05) is 20.8 Å². The molecule has 0 aliphatic heterocycles. The van der Waals surface area contributed by atoms with Gasteiger partial charge in [0.1, 0.15) is 0 Å². The molecule has 0 saturated carbocycles. The second kappa shape index (κ2) is 8.21. The third-order valence-corrected chi connectivity index (χ3v) is 4.33. The van der Waals surface area contributed by atoms with Crippen molar-refractivity contribution in [2.24, 2.45) is 5.41 Å². The Hall–Kier alpha value is 0.0569. The third-order valence-electron chi connectivity index (χ3n) is 2.96. The van der Waals surface area contributed by atoms with E-state index in [1.54, 1.807) is 14.2 Å². The second-order valence-electron chi connectivity index (χ2n) is 5.17. The first-order chi connectivity index (χ1) is 7.89. The van der Waals surface area contributed by atoms with E-state index in [0.29, 0.717) is 5.41 Å². The normalized spacial score (nSPS) is 13.8. The Bertz CT molecular complexity index is 196. The van der Waals surface area contributed by atoms with Crippen molar-refractivity contribution in [3.63, 3.8) is 0 Å². The molecule has 0 heterocycles. The number of rotatable bonds is 10. The van der Waals surface area contributed by atoms with Gasteiger partial charge in [0, 0.05) is 27.7 Å². The van der Waals surface area contributed by atoms with Crippen LogP contribution in [0.3, 0.4) is 0 Å². The number of nitrogens with one attached hydrogen (secondary N) is 1. The zero-order valence-corrected chi connectivity index (χ0v) is 13.7. The van der Waals surface area contributed by atoms with Crippen molar-refractivity contribution in [1.82, 2.24) is 5.32 Å². The van der Waals surface area contributed by atoms with Crippen LogP contribution in [-0.2, 0) is 13.9 Å². The highest BCUT2D eigenvalue weighted by atomic mass is 28.2. The molecule has 17 heavy (non-hydrogen) atoms. The molecular formula is C12H29NO3Si. The maximum Gasteiger partial charge on any atom is 0.269 e. The predicted molar refractivity (Wildman–Crippen MR) is 73.8 cm³/mol. The molecule has 0 aromatic rings. The lowest BCUT2D eigenvalue weighted by atomic mass is 9.90. The average molecular weight is 263 g/mol. The zero-order chi connectivity index (χ0) is 13.4. The fourth-order valence-corrected chi connectivity index (χ4v) is 3.41. The van der Waals surface area contributed by atoms with Crippen LogP contribution in [0, 0.1) is 5.41 Å². The summed E-state index contributed by atoms with van der Waals surface area (Å²) in [5.41, 5.74) is 0.336. The van der Waals surface area contributed by atoms with Gasteiger partial charge >= 0.3 is 0 Å². The number of ether oxygens (including phenoxy) is 2. The largest absolute Gasteiger partial charge is 0.376 e. The maximum atomic E-state index is 5.70. The molecule has 0 spiro atoms. The van der Waals surface area contributed by atoms with Crippen LogP contribution in [0.2, 0.25) is 6.04 Å². The lowest BCUT2D eigenvalue weighted by Gasteiger charge is -2.28. The van der Waals surface area contributed by atoms with Gasteiger partial charge in [-0.05, 0) is 24.4 Å². The van der Waals surface area contributed by atoms with Crippen LogP contribution in [0.15, 0.2) is 0 Å². The molecule has 5 heteroatoms. The molecule has 0 aromatic heterocycles. The Morgan fingerprint density at radius 1 is 1.12 bits per heavy atom.